The van der Waals surface area contributed by atoms with Crippen LogP contribution in [0.3, 0.4) is 0 Å². The summed E-state index contributed by atoms with van der Waals surface area (Å²) < 4.78 is 11.2. The van der Waals surface area contributed by atoms with E-state index in [2.05, 4.69) is 6.08 Å². The minimum absolute atomic E-state index is 0.386. The highest BCUT2D eigenvalue weighted by atomic mass is 16.7. The third-order valence-electron chi connectivity index (χ3n) is 3.72. The molecule has 0 aromatic rings. The Hall–Kier alpha value is -0.340. The Morgan fingerprint density at radius 1 is 1.21 bits per heavy atom. The van der Waals surface area contributed by atoms with Crippen LogP contribution in [-0.4, -0.2) is 20.0 Å². The molecule has 0 amide bonds. The van der Waals surface area contributed by atoms with Crippen LogP contribution >= 0.6 is 0 Å². The molecule has 0 heterocycles. The zero-order chi connectivity index (χ0) is 10.0. The first-order chi connectivity index (χ1) is 6.82. The highest BCUT2D eigenvalue weighted by Crippen LogP contribution is 2.44. The lowest BCUT2D eigenvalue weighted by Crippen LogP contribution is -2.42. The van der Waals surface area contributed by atoms with Crippen molar-refractivity contribution in [2.45, 2.75) is 44.3 Å². The fourth-order valence-corrected chi connectivity index (χ4v) is 2.96. The zero-order valence-electron chi connectivity index (χ0n) is 9.21. The van der Waals surface area contributed by atoms with Crippen molar-refractivity contribution in [1.29, 1.82) is 0 Å². The molecule has 2 rings (SSSR count). The molecular weight excluding hydrogens is 176 g/mol. The maximum absolute atomic E-state index is 5.61. The summed E-state index contributed by atoms with van der Waals surface area (Å²) in [5.74, 6) is 0.334. The Kier molecular flexibility index (Phi) is 2.93. The lowest BCUT2D eigenvalue weighted by molar-refractivity contribution is -0.196. The molecule has 2 nitrogen and oxygen atoms in total. The molecule has 80 valence electrons. The van der Waals surface area contributed by atoms with Gasteiger partial charge in [-0.05, 0) is 43.6 Å². The van der Waals surface area contributed by atoms with Crippen molar-refractivity contribution in [2.24, 2.45) is 5.92 Å². The molecular formula is C12H20O2. The minimum atomic E-state index is -0.386. The Morgan fingerprint density at radius 3 is 2.64 bits per heavy atom. The molecule has 2 aliphatic carbocycles. The fourth-order valence-electron chi connectivity index (χ4n) is 2.96. The van der Waals surface area contributed by atoms with Gasteiger partial charge in [-0.3, -0.25) is 0 Å². The summed E-state index contributed by atoms with van der Waals surface area (Å²) in [5.41, 5.74) is 1.42. The molecule has 0 aliphatic heterocycles. The van der Waals surface area contributed by atoms with Gasteiger partial charge in [-0.2, -0.15) is 0 Å². The average Bonchev–Trinajstić information content (AvgIpc) is 2.28. The number of hydrogen-bond donors (Lipinski definition) is 0. The molecule has 2 heteroatoms. The van der Waals surface area contributed by atoms with Gasteiger partial charge in [0.25, 0.3) is 0 Å². The Balaban J connectivity index is 2.27. The van der Waals surface area contributed by atoms with Gasteiger partial charge in [0.15, 0.2) is 5.79 Å². The van der Waals surface area contributed by atoms with Crippen molar-refractivity contribution in [1.82, 2.24) is 0 Å². The van der Waals surface area contributed by atoms with Crippen molar-refractivity contribution < 1.29 is 9.47 Å². The quantitative estimate of drug-likeness (QED) is 0.499. The summed E-state index contributed by atoms with van der Waals surface area (Å²) >= 11 is 0. The maximum atomic E-state index is 5.61. The van der Waals surface area contributed by atoms with Gasteiger partial charge < -0.3 is 9.47 Å². The van der Waals surface area contributed by atoms with Gasteiger partial charge in [0.2, 0.25) is 0 Å². The molecule has 0 aromatic heterocycles. The number of rotatable bonds is 2. The molecule has 0 saturated heterocycles. The van der Waals surface area contributed by atoms with Crippen LogP contribution in [0.5, 0.6) is 0 Å². The van der Waals surface area contributed by atoms with Gasteiger partial charge in [0.1, 0.15) is 0 Å². The monoisotopic (exact) mass is 196 g/mol. The van der Waals surface area contributed by atoms with E-state index in [1.165, 1.54) is 37.7 Å². The lowest BCUT2D eigenvalue weighted by atomic mass is 9.74. The third-order valence-corrected chi connectivity index (χ3v) is 3.72. The summed E-state index contributed by atoms with van der Waals surface area (Å²) in [6, 6.07) is 0. The van der Waals surface area contributed by atoms with E-state index in [0.717, 1.165) is 12.3 Å². The molecule has 14 heavy (non-hydrogen) atoms. The number of allylic oxidation sites excluding steroid dienone is 1. The van der Waals surface area contributed by atoms with Crippen LogP contribution in [0.2, 0.25) is 0 Å². The molecule has 2 aliphatic rings. The number of fused-ring (bicyclic) bond motifs is 1. The predicted molar refractivity (Wildman–Crippen MR) is 56.0 cm³/mol. The first kappa shape index (κ1) is 10.2. The molecule has 1 saturated carbocycles. The van der Waals surface area contributed by atoms with E-state index >= 15 is 0 Å². The maximum Gasteiger partial charge on any atom is 0.190 e. The average molecular weight is 196 g/mol. The van der Waals surface area contributed by atoms with Crippen molar-refractivity contribution in [3.63, 3.8) is 0 Å². The topological polar surface area (TPSA) is 18.5 Å². The summed E-state index contributed by atoms with van der Waals surface area (Å²) in [7, 11) is 3.53. The molecule has 1 unspecified atom stereocenters. The van der Waals surface area contributed by atoms with Crippen LogP contribution in [-0.2, 0) is 9.47 Å². The Labute approximate surface area is 86.3 Å². The predicted octanol–water partition coefficient (Wildman–Crippen LogP) is 2.89. The molecule has 0 bridgehead atoms. The van der Waals surface area contributed by atoms with Crippen molar-refractivity contribution >= 4 is 0 Å². The van der Waals surface area contributed by atoms with Crippen LogP contribution in [0, 0.1) is 5.92 Å². The van der Waals surface area contributed by atoms with E-state index in [-0.39, 0.29) is 5.79 Å². The molecule has 0 radical (unpaired) electrons. The Morgan fingerprint density at radius 2 is 1.93 bits per heavy atom. The second-order valence-electron chi connectivity index (χ2n) is 4.34. The summed E-state index contributed by atoms with van der Waals surface area (Å²) in [4.78, 5) is 0. The van der Waals surface area contributed by atoms with E-state index in [1.54, 1.807) is 14.2 Å². The first-order valence-electron chi connectivity index (χ1n) is 5.63. The number of methoxy groups -OCH3 is 2. The lowest BCUT2D eigenvalue weighted by Gasteiger charge is -2.43. The van der Waals surface area contributed by atoms with Gasteiger partial charge in [0.05, 0.1) is 0 Å². The van der Waals surface area contributed by atoms with Gasteiger partial charge in [-0.15, -0.1) is 0 Å². The van der Waals surface area contributed by atoms with E-state index in [0.29, 0.717) is 0 Å². The summed E-state index contributed by atoms with van der Waals surface area (Å²) in [6.07, 6.45) is 9.75. The largest absolute Gasteiger partial charge is 0.349 e. The van der Waals surface area contributed by atoms with E-state index in [9.17, 15) is 0 Å². The standard InChI is InChI=1S/C12H20O2/c1-13-12(14-2)9-5-7-10-6-3-4-8-11(10)12/h8,10H,3-7,9H2,1-2H3. The van der Waals surface area contributed by atoms with Crippen LogP contribution < -0.4 is 0 Å². The third kappa shape index (κ3) is 1.51. The fraction of sp³-hybridized carbons (Fsp3) is 0.833. The SMILES string of the molecule is COC1(OC)CCCC2CCCC=C21. The second-order valence-corrected chi connectivity index (χ2v) is 4.34. The number of ether oxygens (including phenoxy) is 2. The minimum Gasteiger partial charge on any atom is -0.349 e. The Bertz CT molecular complexity index is 228. The van der Waals surface area contributed by atoms with Crippen LogP contribution in [0.4, 0.5) is 0 Å². The van der Waals surface area contributed by atoms with Crippen molar-refractivity contribution in [3.05, 3.63) is 11.6 Å². The van der Waals surface area contributed by atoms with Gasteiger partial charge in [-0.25, -0.2) is 0 Å². The van der Waals surface area contributed by atoms with Crippen LogP contribution in [0.1, 0.15) is 38.5 Å². The van der Waals surface area contributed by atoms with Crippen LogP contribution in [0.25, 0.3) is 0 Å². The smallest absolute Gasteiger partial charge is 0.190 e. The van der Waals surface area contributed by atoms with Crippen molar-refractivity contribution in [3.8, 4) is 0 Å². The van der Waals surface area contributed by atoms with E-state index in [1.807, 2.05) is 0 Å². The van der Waals surface area contributed by atoms with Gasteiger partial charge >= 0.3 is 0 Å². The number of hydrogen-bond acceptors (Lipinski definition) is 2. The normalized spacial score (nSPS) is 30.7. The van der Waals surface area contributed by atoms with Gasteiger partial charge in [-0.1, -0.05) is 6.08 Å². The van der Waals surface area contributed by atoms with E-state index in [4.69, 9.17) is 9.47 Å². The first-order valence-corrected chi connectivity index (χ1v) is 5.63. The van der Waals surface area contributed by atoms with E-state index < -0.39 is 0 Å². The molecule has 0 N–H and O–H groups in total. The molecule has 0 spiro atoms. The summed E-state index contributed by atoms with van der Waals surface area (Å²) in [5, 5.41) is 0. The van der Waals surface area contributed by atoms with Gasteiger partial charge in [0, 0.05) is 20.6 Å². The highest BCUT2D eigenvalue weighted by Gasteiger charge is 2.41. The molecule has 1 fully saturated rings. The van der Waals surface area contributed by atoms with Crippen LogP contribution in [0.15, 0.2) is 11.6 Å². The summed E-state index contributed by atoms with van der Waals surface area (Å²) in [6.45, 7) is 0. The highest BCUT2D eigenvalue weighted by molar-refractivity contribution is 5.21. The molecule has 0 aromatic carbocycles. The molecule has 1 atom stereocenters. The second kappa shape index (κ2) is 4.03. The van der Waals surface area contributed by atoms with Crippen molar-refractivity contribution in [2.75, 3.05) is 14.2 Å². The zero-order valence-corrected chi connectivity index (χ0v) is 9.21.